The Labute approximate surface area is 254 Å². The maximum absolute atomic E-state index is 14.0. The summed E-state index contributed by atoms with van der Waals surface area (Å²) in [6, 6.07) is 19.6. The minimum atomic E-state index is -0.342. The van der Waals surface area contributed by atoms with Crippen molar-refractivity contribution >= 4 is 11.8 Å². The van der Waals surface area contributed by atoms with Crippen molar-refractivity contribution in [3.63, 3.8) is 0 Å². The fraction of sp³-hybridized carbons (Fsp3) is 0.588. The first-order valence-electron chi connectivity index (χ1n) is 15.8. The Morgan fingerprint density at radius 3 is 1.07 bits per heavy atom. The maximum Gasteiger partial charge on any atom is 0.237 e. The second-order valence-electron chi connectivity index (χ2n) is 11.3. The van der Waals surface area contributed by atoms with E-state index in [1.165, 1.54) is 0 Å². The molecule has 8 heteroatoms. The molecule has 0 saturated carbocycles. The van der Waals surface area contributed by atoms with Gasteiger partial charge in [-0.1, -0.05) is 88.4 Å². The first-order valence-corrected chi connectivity index (χ1v) is 15.8. The zero-order chi connectivity index (χ0) is 30.5. The van der Waals surface area contributed by atoms with Gasteiger partial charge in [-0.2, -0.15) is 0 Å². The molecule has 232 valence electrons. The minimum absolute atomic E-state index is 0.0593. The van der Waals surface area contributed by atoms with Gasteiger partial charge in [0, 0.05) is 53.4 Å². The highest BCUT2D eigenvalue weighted by atomic mass is 16.2. The summed E-state index contributed by atoms with van der Waals surface area (Å²) in [4.78, 5) is 41.2. The van der Waals surface area contributed by atoms with Crippen LogP contribution < -0.4 is 0 Å². The van der Waals surface area contributed by atoms with Gasteiger partial charge in [0.05, 0.1) is 25.2 Å². The van der Waals surface area contributed by atoms with Crippen molar-refractivity contribution in [2.45, 2.75) is 39.8 Å². The van der Waals surface area contributed by atoms with Crippen LogP contribution in [0.4, 0.5) is 0 Å². The molecular weight excluding hydrogens is 524 g/mol. The van der Waals surface area contributed by atoms with Crippen LogP contribution in [0, 0.1) is 0 Å². The zero-order valence-electron chi connectivity index (χ0n) is 26.9. The molecule has 0 bridgehead atoms. The molecular formula is C34H54N6O2. The number of hydrogen-bond donors (Lipinski definition) is 0. The van der Waals surface area contributed by atoms with Gasteiger partial charge in [-0.3, -0.25) is 19.4 Å². The van der Waals surface area contributed by atoms with Crippen LogP contribution in [0.25, 0.3) is 0 Å². The molecule has 2 atom stereocenters. The summed E-state index contributed by atoms with van der Waals surface area (Å²) >= 11 is 0. The fourth-order valence-corrected chi connectivity index (χ4v) is 5.85. The van der Waals surface area contributed by atoms with Gasteiger partial charge >= 0.3 is 0 Å². The Morgan fingerprint density at radius 1 is 0.500 bits per heavy atom. The summed E-state index contributed by atoms with van der Waals surface area (Å²) in [5.74, 6) is 0.119. The maximum atomic E-state index is 14.0. The van der Waals surface area contributed by atoms with Gasteiger partial charge in [0.1, 0.15) is 0 Å². The monoisotopic (exact) mass is 578 g/mol. The predicted octanol–water partition coefficient (Wildman–Crippen LogP) is 3.69. The Hall–Kier alpha value is -2.78. The van der Waals surface area contributed by atoms with Gasteiger partial charge in [-0.25, -0.2) is 0 Å². The molecule has 8 nitrogen and oxygen atoms in total. The summed E-state index contributed by atoms with van der Waals surface area (Å²) in [6.45, 7) is 18.5. The van der Waals surface area contributed by atoms with Gasteiger partial charge in [-0.15, -0.1) is 0 Å². The SMILES string of the molecule is CCN1CCN(CC)CCN(CC)CC(=O)N(C)[C@H](c2ccccc2)[C@@H](c2ccccc2)N(C)C(=O)CN(CC)CC1. The molecule has 1 aliphatic heterocycles. The molecule has 1 aliphatic rings. The molecule has 0 aliphatic carbocycles. The number of benzene rings is 2. The van der Waals surface area contributed by atoms with Crippen LogP contribution in [0.2, 0.25) is 0 Å². The highest BCUT2D eigenvalue weighted by Gasteiger charge is 2.36. The number of nitrogens with zero attached hydrogens (tertiary/aromatic N) is 6. The van der Waals surface area contributed by atoms with Crippen molar-refractivity contribution in [2.24, 2.45) is 0 Å². The Bertz CT molecular complexity index is 983. The second kappa shape index (κ2) is 17.4. The topological polar surface area (TPSA) is 53.6 Å². The van der Waals surface area contributed by atoms with Gasteiger partial charge in [-0.05, 0) is 37.3 Å². The lowest BCUT2D eigenvalue weighted by Crippen LogP contribution is -2.49. The highest BCUT2D eigenvalue weighted by Crippen LogP contribution is 2.37. The van der Waals surface area contributed by atoms with Crippen LogP contribution in [0.3, 0.4) is 0 Å². The molecule has 42 heavy (non-hydrogen) atoms. The van der Waals surface area contributed by atoms with Crippen molar-refractivity contribution < 1.29 is 9.59 Å². The van der Waals surface area contributed by atoms with E-state index >= 15 is 0 Å². The largest absolute Gasteiger partial charge is 0.335 e. The van der Waals surface area contributed by atoms with Crippen molar-refractivity contribution in [2.75, 3.05) is 92.6 Å². The Morgan fingerprint density at radius 2 is 0.786 bits per heavy atom. The first-order chi connectivity index (χ1) is 20.3. The highest BCUT2D eigenvalue weighted by molar-refractivity contribution is 5.80. The van der Waals surface area contributed by atoms with E-state index in [0.717, 1.165) is 76.6 Å². The van der Waals surface area contributed by atoms with E-state index < -0.39 is 0 Å². The summed E-state index contributed by atoms with van der Waals surface area (Å²) in [5, 5.41) is 0. The number of hydrogen-bond acceptors (Lipinski definition) is 6. The third kappa shape index (κ3) is 9.36. The predicted molar refractivity (Wildman–Crippen MR) is 172 cm³/mol. The molecule has 0 spiro atoms. The van der Waals surface area contributed by atoms with E-state index in [1.54, 1.807) is 0 Å². The lowest BCUT2D eigenvalue weighted by Gasteiger charge is -2.41. The number of amides is 2. The third-order valence-corrected chi connectivity index (χ3v) is 8.91. The van der Waals surface area contributed by atoms with Gasteiger partial charge in [0.25, 0.3) is 0 Å². The molecule has 2 amide bonds. The number of rotatable bonds is 6. The van der Waals surface area contributed by atoms with Crippen LogP contribution in [-0.2, 0) is 9.59 Å². The van der Waals surface area contributed by atoms with Crippen LogP contribution in [0.15, 0.2) is 60.7 Å². The van der Waals surface area contributed by atoms with Crippen molar-refractivity contribution in [3.8, 4) is 0 Å². The molecule has 0 aromatic heterocycles. The van der Waals surface area contributed by atoms with E-state index in [-0.39, 0.29) is 23.9 Å². The number of carbonyl (C=O) groups is 2. The summed E-state index contributed by atoms with van der Waals surface area (Å²) in [6.07, 6.45) is 0. The second-order valence-corrected chi connectivity index (χ2v) is 11.3. The molecule has 0 radical (unpaired) electrons. The standard InChI is InChI=1S/C34H54N6O2/c1-7-37-21-22-38(8-2)24-26-40(10-4)28-32(42)36(6)34(30-19-15-12-16-20-30)33(29-17-13-11-14-18-29)35(5)31(41)27-39(9-3)25-23-37/h11-20,33-34H,7-10,21-28H2,1-6H3/t33-,34-/m1/s1. The smallest absolute Gasteiger partial charge is 0.237 e. The van der Waals surface area contributed by atoms with E-state index in [4.69, 9.17) is 0 Å². The molecule has 2 aromatic carbocycles. The molecule has 2 aromatic rings. The lowest BCUT2D eigenvalue weighted by molar-refractivity contribution is -0.140. The molecule has 3 rings (SSSR count). The van der Waals surface area contributed by atoms with Crippen LogP contribution in [0.1, 0.15) is 50.9 Å². The van der Waals surface area contributed by atoms with Crippen molar-refractivity contribution in [3.05, 3.63) is 71.8 Å². The van der Waals surface area contributed by atoms with Gasteiger partial charge < -0.3 is 19.6 Å². The van der Waals surface area contributed by atoms with E-state index in [2.05, 4.69) is 71.6 Å². The van der Waals surface area contributed by atoms with Crippen molar-refractivity contribution in [1.29, 1.82) is 0 Å². The zero-order valence-corrected chi connectivity index (χ0v) is 26.9. The molecule has 0 unspecified atom stereocenters. The lowest BCUT2D eigenvalue weighted by atomic mass is 9.90. The van der Waals surface area contributed by atoms with Crippen LogP contribution >= 0.6 is 0 Å². The normalized spacial score (nSPS) is 22.7. The molecule has 1 saturated heterocycles. The summed E-state index contributed by atoms with van der Waals surface area (Å²) in [7, 11) is 3.80. The van der Waals surface area contributed by atoms with Crippen molar-refractivity contribution in [1.82, 2.24) is 29.4 Å². The molecule has 1 fully saturated rings. The number of likely N-dealkylation sites (N-methyl/N-ethyl adjacent to an activating group) is 6. The van der Waals surface area contributed by atoms with Crippen LogP contribution in [-0.4, -0.2) is 134 Å². The van der Waals surface area contributed by atoms with Gasteiger partial charge in [0.15, 0.2) is 0 Å². The third-order valence-electron chi connectivity index (χ3n) is 8.91. The minimum Gasteiger partial charge on any atom is -0.335 e. The average molecular weight is 579 g/mol. The molecule has 0 N–H and O–H groups in total. The Balaban J connectivity index is 2.05. The summed E-state index contributed by atoms with van der Waals surface area (Å²) in [5.41, 5.74) is 2.03. The number of carbonyl (C=O) groups excluding carboxylic acids is 2. The average Bonchev–Trinajstić information content (AvgIpc) is 3.03. The quantitative estimate of drug-likeness (QED) is 0.521. The van der Waals surface area contributed by atoms with Gasteiger partial charge in [0.2, 0.25) is 11.8 Å². The van der Waals surface area contributed by atoms with Crippen LogP contribution in [0.5, 0.6) is 0 Å². The molecule has 1 heterocycles. The fourth-order valence-electron chi connectivity index (χ4n) is 5.85. The van der Waals surface area contributed by atoms with E-state index in [0.29, 0.717) is 13.1 Å². The summed E-state index contributed by atoms with van der Waals surface area (Å²) < 4.78 is 0. The van der Waals surface area contributed by atoms with E-state index in [9.17, 15) is 9.59 Å². The first kappa shape index (κ1) is 33.7. The Kier molecular flexibility index (Phi) is 13.9. The van der Waals surface area contributed by atoms with E-state index in [1.807, 2.05) is 60.3 Å².